The molecular formula is C18H26FN5O. The average Bonchev–Trinajstić information content (AvgIpc) is 2.63. The number of nitrogens with zero attached hydrogens (tertiary/aromatic N) is 2. The van der Waals surface area contributed by atoms with Gasteiger partial charge < -0.3 is 16.4 Å². The Bertz CT molecular complexity index is 610. The second-order valence-electron chi connectivity index (χ2n) is 6.23. The number of anilines is 1. The van der Waals surface area contributed by atoms with E-state index in [-0.39, 0.29) is 18.4 Å². The molecule has 4 N–H and O–H groups in total. The van der Waals surface area contributed by atoms with Gasteiger partial charge in [0.05, 0.1) is 11.6 Å². The molecule has 1 aliphatic rings. The standard InChI is InChI=1S/C18H26FN5O/c1-13(14-7-9-22-10-8-14)24(21-2)12-15(18(20)25)11-23-17-5-3-16(19)4-6-17/h3-6,12-14,22-23H,2,7-11H2,1H3,(H2,20,25)/b15-12+/t13-/m0/s1. The molecule has 2 rings (SSSR count). The Morgan fingerprint density at radius 3 is 2.68 bits per heavy atom. The Hall–Kier alpha value is -2.41. The number of nitrogens with two attached hydrogens (primary N) is 1. The summed E-state index contributed by atoms with van der Waals surface area (Å²) in [4.78, 5) is 11.8. The van der Waals surface area contributed by atoms with Crippen LogP contribution in [0, 0.1) is 11.7 Å². The van der Waals surface area contributed by atoms with E-state index in [0.29, 0.717) is 17.2 Å². The number of carbonyl (C=O) groups is 1. The zero-order valence-corrected chi connectivity index (χ0v) is 14.5. The Morgan fingerprint density at radius 2 is 2.12 bits per heavy atom. The summed E-state index contributed by atoms with van der Waals surface area (Å²) in [5, 5.41) is 12.2. The number of hydrogen-bond acceptors (Lipinski definition) is 5. The highest BCUT2D eigenvalue weighted by Crippen LogP contribution is 2.22. The predicted octanol–water partition coefficient (Wildman–Crippen LogP) is 1.91. The van der Waals surface area contributed by atoms with Crippen molar-refractivity contribution in [2.24, 2.45) is 16.8 Å². The molecule has 1 heterocycles. The van der Waals surface area contributed by atoms with Crippen molar-refractivity contribution >= 4 is 18.3 Å². The van der Waals surface area contributed by atoms with Crippen molar-refractivity contribution in [1.82, 2.24) is 10.3 Å². The van der Waals surface area contributed by atoms with Gasteiger partial charge in [-0.3, -0.25) is 9.80 Å². The molecule has 1 aromatic carbocycles. The summed E-state index contributed by atoms with van der Waals surface area (Å²) in [7, 11) is 0. The quantitative estimate of drug-likeness (QED) is 0.381. The van der Waals surface area contributed by atoms with Gasteiger partial charge in [0.1, 0.15) is 5.82 Å². The van der Waals surface area contributed by atoms with Gasteiger partial charge in [-0.2, -0.15) is 5.10 Å². The van der Waals surface area contributed by atoms with Crippen LogP contribution in [-0.4, -0.2) is 43.3 Å². The molecule has 0 spiro atoms. The summed E-state index contributed by atoms with van der Waals surface area (Å²) >= 11 is 0. The molecule has 0 radical (unpaired) electrons. The van der Waals surface area contributed by atoms with Crippen molar-refractivity contribution in [3.8, 4) is 0 Å². The predicted molar refractivity (Wildman–Crippen MR) is 98.6 cm³/mol. The first-order valence-corrected chi connectivity index (χ1v) is 8.47. The lowest BCUT2D eigenvalue weighted by molar-refractivity contribution is -0.114. The van der Waals surface area contributed by atoms with Crippen molar-refractivity contribution in [1.29, 1.82) is 0 Å². The van der Waals surface area contributed by atoms with Gasteiger partial charge in [0.25, 0.3) is 0 Å². The van der Waals surface area contributed by atoms with E-state index >= 15 is 0 Å². The molecule has 0 saturated carbocycles. The van der Waals surface area contributed by atoms with E-state index in [1.807, 2.05) is 0 Å². The Labute approximate surface area is 148 Å². The van der Waals surface area contributed by atoms with Gasteiger partial charge in [-0.1, -0.05) is 0 Å². The lowest BCUT2D eigenvalue weighted by Gasteiger charge is -2.33. The van der Waals surface area contributed by atoms with Gasteiger partial charge in [0, 0.05) is 25.1 Å². The van der Waals surface area contributed by atoms with Gasteiger partial charge in [0.2, 0.25) is 5.91 Å². The van der Waals surface area contributed by atoms with Crippen LogP contribution in [-0.2, 0) is 4.79 Å². The third-order valence-corrected chi connectivity index (χ3v) is 4.58. The third-order valence-electron chi connectivity index (χ3n) is 4.58. The summed E-state index contributed by atoms with van der Waals surface area (Å²) in [6.07, 6.45) is 3.76. The molecule has 1 aromatic rings. The van der Waals surface area contributed by atoms with Gasteiger partial charge in [-0.25, -0.2) is 4.39 Å². The molecule has 7 heteroatoms. The highest BCUT2D eigenvalue weighted by molar-refractivity contribution is 5.92. The molecule has 136 valence electrons. The van der Waals surface area contributed by atoms with Crippen molar-refractivity contribution in [2.45, 2.75) is 25.8 Å². The van der Waals surface area contributed by atoms with Crippen LogP contribution in [0.4, 0.5) is 10.1 Å². The minimum Gasteiger partial charge on any atom is -0.381 e. The molecular weight excluding hydrogens is 321 g/mol. The van der Waals surface area contributed by atoms with Crippen molar-refractivity contribution in [2.75, 3.05) is 25.0 Å². The smallest absolute Gasteiger partial charge is 0.247 e. The zero-order chi connectivity index (χ0) is 18.2. The normalized spacial score (nSPS) is 17.0. The van der Waals surface area contributed by atoms with Gasteiger partial charge in [-0.05, 0) is 63.0 Å². The Balaban J connectivity index is 2.05. The van der Waals surface area contributed by atoms with E-state index in [1.54, 1.807) is 23.3 Å². The molecule has 25 heavy (non-hydrogen) atoms. The topological polar surface area (TPSA) is 82.8 Å². The molecule has 0 bridgehead atoms. The minimum atomic E-state index is -0.527. The summed E-state index contributed by atoms with van der Waals surface area (Å²) in [6.45, 7) is 7.89. The van der Waals surface area contributed by atoms with E-state index in [1.165, 1.54) is 12.1 Å². The number of benzene rings is 1. The van der Waals surface area contributed by atoms with E-state index in [2.05, 4.69) is 29.4 Å². The summed E-state index contributed by atoms with van der Waals surface area (Å²) in [5.74, 6) is -0.364. The number of rotatable bonds is 8. The highest BCUT2D eigenvalue weighted by atomic mass is 19.1. The van der Waals surface area contributed by atoms with Crippen LogP contribution in [0.2, 0.25) is 0 Å². The first-order valence-electron chi connectivity index (χ1n) is 8.47. The van der Waals surface area contributed by atoms with Gasteiger partial charge >= 0.3 is 0 Å². The SMILES string of the molecule is C=NN(/C=C(\CNc1ccc(F)cc1)C(N)=O)[C@@H](C)C1CCNCC1. The maximum Gasteiger partial charge on any atom is 0.247 e. The molecule has 0 unspecified atom stereocenters. The van der Waals surface area contributed by atoms with Crippen LogP contribution < -0.4 is 16.4 Å². The molecule has 0 aliphatic carbocycles. The highest BCUT2D eigenvalue weighted by Gasteiger charge is 2.24. The number of hydrazone groups is 1. The number of hydrogen-bond donors (Lipinski definition) is 3. The number of piperidine rings is 1. The number of amides is 1. The van der Waals surface area contributed by atoms with Crippen molar-refractivity contribution in [3.63, 3.8) is 0 Å². The molecule has 0 aromatic heterocycles. The molecule has 1 amide bonds. The van der Waals surface area contributed by atoms with Crippen LogP contribution in [0.25, 0.3) is 0 Å². The lowest BCUT2D eigenvalue weighted by atomic mass is 9.91. The van der Waals surface area contributed by atoms with E-state index in [4.69, 9.17) is 5.73 Å². The van der Waals surface area contributed by atoms with E-state index in [9.17, 15) is 9.18 Å². The first-order chi connectivity index (χ1) is 12.0. The molecule has 6 nitrogen and oxygen atoms in total. The monoisotopic (exact) mass is 347 g/mol. The van der Waals surface area contributed by atoms with E-state index < -0.39 is 5.91 Å². The zero-order valence-electron chi connectivity index (χ0n) is 14.5. The fourth-order valence-electron chi connectivity index (χ4n) is 2.95. The fraction of sp³-hybridized carbons (Fsp3) is 0.444. The van der Waals surface area contributed by atoms with E-state index in [0.717, 1.165) is 25.9 Å². The Morgan fingerprint density at radius 1 is 1.48 bits per heavy atom. The summed E-state index contributed by atoms with van der Waals surface area (Å²) in [5.41, 5.74) is 6.59. The third kappa shape index (κ3) is 5.56. The van der Waals surface area contributed by atoms with Gasteiger partial charge in [0.15, 0.2) is 0 Å². The van der Waals surface area contributed by atoms with Crippen LogP contribution in [0.15, 0.2) is 41.1 Å². The number of carbonyl (C=O) groups excluding carboxylic acids is 1. The van der Waals surface area contributed by atoms with Crippen LogP contribution in [0.3, 0.4) is 0 Å². The van der Waals surface area contributed by atoms with Crippen LogP contribution in [0.1, 0.15) is 19.8 Å². The second kappa shape index (κ2) is 9.17. The Kier molecular flexibility index (Phi) is 6.94. The second-order valence-corrected chi connectivity index (χ2v) is 6.23. The number of primary amides is 1. The molecule has 1 saturated heterocycles. The summed E-state index contributed by atoms with van der Waals surface area (Å²) in [6, 6.07) is 6.05. The maximum atomic E-state index is 13.0. The number of halogens is 1. The number of nitrogens with one attached hydrogen (secondary N) is 2. The molecule has 1 aliphatic heterocycles. The van der Waals surface area contributed by atoms with Crippen molar-refractivity contribution < 1.29 is 9.18 Å². The minimum absolute atomic E-state index is 0.125. The molecule has 1 atom stereocenters. The lowest BCUT2D eigenvalue weighted by Crippen LogP contribution is -2.39. The maximum absolute atomic E-state index is 13.0. The van der Waals surface area contributed by atoms with Crippen LogP contribution in [0.5, 0.6) is 0 Å². The van der Waals surface area contributed by atoms with Crippen LogP contribution >= 0.6 is 0 Å². The summed E-state index contributed by atoms with van der Waals surface area (Å²) < 4.78 is 13.0. The molecule has 1 fully saturated rings. The van der Waals surface area contributed by atoms with Gasteiger partial charge in [-0.15, -0.1) is 0 Å². The first kappa shape index (κ1) is 18.9. The fourth-order valence-corrected chi connectivity index (χ4v) is 2.95. The largest absolute Gasteiger partial charge is 0.381 e. The average molecular weight is 347 g/mol. The van der Waals surface area contributed by atoms with Crippen molar-refractivity contribution in [3.05, 3.63) is 41.9 Å².